The van der Waals surface area contributed by atoms with Gasteiger partial charge in [-0.3, -0.25) is 5.41 Å². The maximum atomic E-state index is 14.0. The summed E-state index contributed by atoms with van der Waals surface area (Å²) in [5.74, 6) is -0.171. The second-order valence-electron chi connectivity index (χ2n) is 3.74. The number of aryl methyl sites for hydroxylation is 1. The molecular formula is C12H12FN3S2. The molecule has 18 heavy (non-hydrogen) atoms. The Morgan fingerprint density at radius 2 is 2.33 bits per heavy atom. The van der Waals surface area contributed by atoms with E-state index in [1.54, 1.807) is 23.5 Å². The van der Waals surface area contributed by atoms with Crippen molar-refractivity contribution in [3.63, 3.8) is 0 Å². The molecule has 3 N–H and O–H groups in total. The first-order valence-corrected chi connectivity index (χ1v) is 7.11. The summed E-state index contributed by atoms with van der Waals surface area (Å²) in [6.45, 7) is 1.93. The zero-order valence-electron chi connectivity index (χ0n) is 9.74. The smallest absolute Gasteiger partial charge is 0.150 e. The van der Waals surface area contributed by atoms with E-state index in [1.165, 1.54) is 17.8 Å². The summed E-state index contributed by atoms with van der Waals surface area (Å²) in [4.78, 5) is 4.31. The van der Waals surface area contributed by atoms with Gasteiger partial charge in [0.25, 0.3) is 0 Å². The van der Waals surface area contributed by atoms with Crippen LogP contribution in [0.4, 0.5) is 4.39 Å². The largest absolute Gasteiger partial charge is 0.384 e. The number of nitrogen functional groups attached to an aromatic ring is 1. The third-order valence-corrected chi connectivity index (χ3v) is 4.51. The van der Waals surface area contributed by atoms with Gasteiger partial charge >= 0.3 is 0 Å². The summed E-state index contributed by atoms with van der Waals surface area (Å²) in [7, 11) is 0. The lowest BCUT2D eigenvalue weighted by atomic mass is 10.1. The number of nitrogens with zero attached hydrogens (tertiary/aromatic N) is 1. The summed E-state index contributed by atoms with van der Waals surface area (Å²) in [5, 5.41) is 9.26. The highest BCUT2D eigenvalue weighted by molar-refractivity contribution is 8.00. The van der Waals surface area contributed by atoms with E-state index in [9.17, 15) is 4.39 Å². The second kappa shape index (κ2) is 5.49. The van der Waals surface area contributed by atoms with Crippen LogP contribution in [-0.4, -0.2) is 10.8 Å². The summed E-state index contributed by atoms with van der Waals surface area (Å²) in [6, 6.07) is 4.93. The van der Waals surface area contributed by atoms with Gasteiger partial charge in [-0.25, -0.2) is 9.37 Å². The Labute approximate surface area is 113 Å². The van der Waals surface area contributed by atoms with Crippen LogP contribution in [-0.2, 0) is 5.75 Å². The minimum atomic E-state index is -0.411. The topological polar surface area (TPSA) is 62.8 Å². The molecule has 0 aliphatic carbocycles. The number of hydrogen-bond acceptors (Lipinski definition) is 4. The summed E-state index contributed by atoms with van der Waals surface area (Å²) < 4.78 is 14.9. The molecule has 2 rings (SSSR count). The van der Waals surface area contributed by atoms with Crippen LogP contribution in [0.25, 0.3) is 0 Å². The number of nitrogens with two attached hydrogens (primary N) is 1. The lowest BCUT2D eigenvalue weighted by Gasteiger charge is -2.05. The molecule has 0 aliphatic rings. The van der Waals surface area contributed by atoms with Crippen molar-refractivity contribution in [3.05, 3.63) is 46.2 Å². The van der Waals surface area contributed by atoms with Crippen molar-refractivity contribution in [1.82, 2.24) is 4.98 Å². The number of halogens is 1. The van der Waals surface area contributed by atoms with Gasteiger partial charge in [0, 0.05) is 16.8 Å². The third kappa shape index (κ3) is 2.88. The number of amidine groups is 1. The molecule has 0 bridgehead atoms. The summed E-state index contributed by atoms with van der Waals surface area (Å²) >= 11 is 3.03. The fraction of sp³-hybridized carbons (Fsp3) is 0.167. The molecule has 0 unspecified atom stereocenters. The number of nitrogens with one attached hydrogen (secondary N) is 1. The fourth-order valence-corrected chi connectivity index (χ4v) is 3.26. The Hall–Kier alpha value is -1.40. The molecule has 0 radical (unpaired) electrons. The molecule has 6 heteroatoms. The maximum Gasteiger partial charge on any atom is 0.150 e. The number of benzene rings is 1. The highest BCUT2D eigenvalue weighted by atomic mass is 32.2. The minimum Gasteiger partial charge on any atom is -0.384 e. The number of rotatable bonds is 4. The van der Waals surface area contributed by atoms with Crippen LogP contribution in [0, 0.1) is 18.2 Å². The van der Waals surface area contributed by atoms with Crippen molar-refractivity contribution in [1.29, 1.82) is 5.41 Å². The summed E-state index contributed by atoms with van der Waals surface area (Å²) in [6.07, 6.45) is 0. The number of thioether (sulfide) groups is 1. The Balaban J connectivity index is 2.14. The van der Waals surface area contributed by atoms with Gasteiger partial charge in [-0.1, -0.05) is 23.9 Å². The van der Waals surface area contributed by atoms with Gasteiger partial charge < -0.3 is 5.73 Å². The van der Waals surface area contributed by atoms with Crippen LogP contribution in [0.5, 0.6) is 0 Å². The first kappa shape index (κ1) is 13.0. The van der Waals surface area contributed by atoms with Gasteiger partial charge in [-0.05, 0) is 18.6 Å². The molecule has 3 nitrogen and oxygen atoms in total. The highest BCUT2D eigenvalue weighted by Gasteiger charge is 2.11. The van der Waals surface area contributed by atoms with E-state index in [1.807, 2.05) is 12.3 Å². The fourth-order valence-electron chi connectivity index (χ4n) is 1.44. The van der Waals surface area contributed by atoms with Crippen LogP contribution < -0.4 is 5.73 Å². The number of hydrogen-bond donors (Lipinski definition) is 2. The quantitative estimate of drug-likeness (QED) is 0.514. The molecule has 1 aromatic carbocycles. The van der Waals surface area contributed by atoms with E-state index in [0.717, 1.165) is 10.0 Å². The monoisotopic (exact) mass is 281 g/mol. The van der Waals surface area contributed by atoms with Crippen molar-refractivity contribution in [3.8, 4) is 0 Å². The van der Waals surface area contributed by atoms with Gasteiger partial charge in [0.2, 0.25) is 0 Å². The number of aromatic nitrogens is 1. The molecule has 0 saturated heterocycles. The van der Waals surface area contributed by atoms with E-state index in [0.29, 0.717) is 11.3 Å². The van der Waals surface area contributed by atoms with Crippen molar-refractivity contribution >= 4 is 28.9 Å². The van der Waals surface area contributed by atoms with Crippen LogP contribution in [0.3, 0.4) is 0 Å². The van der Waals surface area contributed by atoms with Gasteiger partial charge in [-0.2, -0.15) is 0 Å². The molecule has 1 aromatic heterocycles. The van der Waals surface area contributed by atoms with Crippen LogP contribution >= 0.6 is 23.1 Å². The molecule has 2 aromatic rings. The average Bonchev–Trinajstić information content (AvgIpc) is 2.73. The van der Waals surface area contributed by atoms with Crippen molar-refractivity contribution in [2.24, 2.45) is 5.73 Å². The predicted molar refractivity (Wildman–Crippen MR) is 73.8 cm³/mol. The van der Waals surface area contributed by atoms with E-state index in [-0.39, 0.29) is 11.4 Å². The van der Waals surface area contributed by atoms with E-state index in [2.05, 4.69) is 4.98 Å². The van der Waals surface area contributed by atoms with E-state index in [4.69, 9.17) is 11.1 Å². The van der Waals surface area contributed by atoms with Gasteiger partial charge in [-0.15, -0.1) is 11.3 Å². The molecule has 0 fully saturated rings. The molecule has 0 spiro atoms. The lowest BCUT2D eigenvalue weighted by molar-refractivity contribution is 0.614. The standard InChI is InChI=1S/C12H12FN3S2/c1-7-5-17-12(16-7)18-6-8-3-2-4-9(10(8)13)11(14)15/h2-5H,6H2,1H3,(H3,14,15). The van der Waals surface area contributed by atoms with Crippen molar-refractivity contribution < 1.29 is 4.39 Å². The molecule has 0 aliphatic heterocycles. The highest BCUT2D eigenvalue weighted by Crippen LogP contribution is 2.27. The molecule has 0 atom stereocenters. The zero-order chi connectivity index (χ0) is 13.1. The predicted octanol–water partition coefficient (Wildman–Crippen LogP) is 3.17. The molecule has 1 heterocycles. The molecular weight excluding hydrogens is 269 g/mol. The maximum absolute atomic E-state index is 14.0. The normalized spacial score (nSPS) is 10.6. The SMILES string of the molecule is Cc1csc(SCc2cccc(C(=N)N)c2F)n1. The first-order chi connectivity index (χ1) is 8.58. The Kier molecular flexibility index (Phi) is 3.98. The van der Waals surface area contributed by atoms with Gasteiger partial charge in [0.05, 0.1) is 5.56 Å². The summed E-state index contributed by atoms with van der Waals surface area (Å²) in [5.41, 5.74) is 6.99. The van der Waals surface area contributed by atoms with Crippen LogP contribution in [0.15, 0.2) is 27.9 Å². The Morgan fingerprint density at radius 1 is 1.56 bits per heavy atom. The first-order valence-electron chi connectivity index (χ1n) is 5.24. The van der Waals surface area contributed by atoms with Gasteiger partial charge in [0.1, 0.15) is 16.0 Å². The second-order valence-corrected chi connectivity index (χ2v) is 5.82. The van der Waals surface area contributed by atoms with E-state index < -0.39 is 5.82 Å². The third-order valence-electron chi connectivity index (χ3n) is 2.32. The Morgan fingerprint density at radius 3 is 2.94 bits per heavy atom. The zero-order valence-corrected chi connectivity index (χ0v) is 11.4. The minimum absolute atomic E-state index is 0.156. The van der Waals surface area contributed by atoms with E-state index >= 15 is 0 Å². The van der Waals surface area contributed by atoms with Crippen molar-refractivity contribution in [2.75, 3.05) is 0 Å². The van der Waals surface area contributed by atoms with Crippen LogP contribution in [0.1, 0.15) is 16.8 Å². The molecule has 0 amide bonds. The van der Waals surface area contributed by atoms with Crippen molar-refractivity contribution in [2.45, 2.75) is 17.0 Å². The lowest BCUT2D eigenvalue weighted by Crippen LogP contribution is -2.14. The average molecular weight is 281 g/mol. The number of thiazole rings is 1. The molecule has 94 valence electrons. The Bertz CT molecular complexity index is 580. The van der Waals surface area contributed by atoms with Crippen LogP contribution in [0.2, 0.25) is 0 Å². The van der Waals surface area contributed by atoms with Gasteiger partial charge in [0.15, 0.2) is 0 Å². The molecule has 0 saturated carbocycles.